The molecule has 0 saturated carbocycles. The van der Waals surface area contributed by atoms with Gasteiger partial charge in [0, 0.05) is 24.8 Å². The number of aliphatic hydroxyl groups is 2. The molecule has 0 aliphatic carbocycles. The SMILES string of the molecule is CN(CCOCCO)c1ccc(F)cc1CO. The van der Waals surface area contributed by atoms with E-state index in [0.717, 1.165) is 5.69 Å². The standard InChI is InChI=1S/C12H18FNO3/c1-14(4-6-17-7-5-15)12-3-2-11(13)8-10(12)9-16/h2-3,8,15-16H,4-7,9H2,1H3. The van der Waals surface area contributed by atoms with Crippen LogP contribution in [0.5, 0.6) is 0 Å². The lowest BCUT2D eigenvalue weighted by Crippen LogP contribution is -2.24. The maximum atomic E-state index is 13.0. The van der Waals surface area contributed by atoms with E-state index >= 15 is 0 Å². The summed E-state index contributed by atoms with van der Waals surface area (Å²) in [5, 5.41) is 17.7. The minimum Gasteiger partial charge on any atom is -0.394 e. The van der Waals surface area contributed by atoms with Crippen LogP contribution in [-0.2, 0) is 11.3 Å². The number of nitrogens with zero attached hydrogens (tertiary/aromatic N) is 1. The van der Waals surface area contributed by atoms with Crippen LogP contribution in [0.4, 0.5) is 10.1 Å². The number of hydrogen-bond donors (Lipinski definition) is 2. The van der Waals surface area contributed by atoms with Crippen LogP contribution in [0, 0.1) is 5.82 Å². The van der Waals surface area contributed by atoms with Crippen molar-refractivity contribution in [1.82, 2.24) is 0 Å². The summed E-state index contributed by atoms with van der Waals surface area (Å²) < 4.78 is 18.1. The van der Waals surface area contributed by atoms with E-state index in [0.29, 0.717) is 25.3 Å². The van der Waals surface area contributed by atoms with Crippen molar-refractivity contribution < 1.29 is 19.3 Å². The van der Waals surface area contributed by atoms with Gasteiger partial charge in [-0.15, -0.1) is 0 Å². The number of halogens is 1. The molecule has 0 unspecified atom stereocenters. The van der Waals surface area contributed by atoms with Crippen LogP contribution in [-0.4, -0.2) is 43.6 Å². The van der Waals surface area contributed by atoms with Crippen LogP contribution in [0.3, 0.4) is 0 Å². The van der Waals surface area contributed by atoms with E-state index in [1.54, 1.807) is 6.07 Å². The van der Waals surface area contributed by atoms with Gasteiger partial charge in [-0.1, -0.05) is 0 Å². The highest BCUT2D eigenvalue weighted by Crippen LogP contribution is 2.20. The molecule has 4 nitrogen and oxygen atoms in total. The smallest absolute Gasteiger partial charge is 0.123 e. The molecule has 96 valence electrons. The van der Waals surface area contributed by atoms with Gasteiger partial charge in [-0.3, -0.25) is 0 Å². The molecule has 0 atom stereocenters. The molecule has 0 amide bonds. The quantitative estimate of drug-likeness (QED) is 0.694. The van der Waals surface area contributed by atoms with Gasteiger partial charge in [0.05, 0.1) is 26.4 Å². The van der Waals surface area contributed by atoms with Gasteiger partial charge in [0.15, 0.2) is 0 Å². The maximum absolute atomic E-state index is 13.0. The first-order valence-corrected chi connectivity index (χ1v) is 5.48. The molecule has 2 N–H and O–H groups in total. The highest BCUT2D eigenvalue weighted by atomic mass is 19.1. The summed E-state index contributed by atoms with van der Waals surface area (Å²) in [7, 11) is 1.84. The van der Waals surface area contributed by atoms with E-state index in [1.807, 2.05) is 11.9 Å². The lowest BCUT2D eigenvalue weighted by molar-refractivity contribution is 0.0971. The number of anilines is 1. The number of ether oxygens (including phenoxy) is 1. The van der Waals surface area contributed by atoms with Crippen molar-refractivity contribution in [3.05, 3.63) is 29.6 Å². The van der Waals surface area contributed by atoms with Crippen LogP contribution in [0.2, 0.25) is 0 Å². The molecule has 0 radical (unpaired) electrons. The van der Waals surface area contributed by atoms with Gasteiger partial charge in [-0.2, -0.15) is 0 Å². The highest BCUT2D eigenvalue weighted by Gasteiger charge is 2.07. The maximum Gasteiger partial charge on any atom is 0.123 e. The predicted octanol–water partition coefficient (Wildman–Crippen LogP) is 0.763. The minimum atomic E-state index is -0.359. The summed E-state index contributed by atoms with van der Waals surface area (Å²) in [6.45, 7) is 1.19. The highest BCUT2D eigenvalue weighted by molar-refractivity contribution is 5.52. The molecule has 0 saturated heterocycles. The van der Waals surface area contributed by atoms with Gasteiger partial charge in [0.1, 0.15) is 5.82 Å². The minimum absolute atomic E-state index is 0.00214. The molecular formula is C12H18FNO3. The third-order valence-corrected chi connectivity index (χ3v) is 2.43. The first kappa shape index (κ1) is 13.9. The average Bonchev–Trinajstić information content (AvgIpc) is 2.34. The summed E-state index contributed by atoms with van der Waals surface area (Å²) in [5.74, 6) is -0.359. The molecule has 0 aromatic heterocycles. The molecule has 1 rings (SSSR count). The van der Waals surface area contributed by atoms with E-state index < -0.39 is 0 Å². The molecule has 0 heterocycles. The molecule has 0 aliphatic rings. The molecule has 1 aromatic rings. The van der Waals surface area contributed by atoms with Crippen LogP contribution >= 0.6 is 0 Å². The Hall–Kier alpha value is -1.17. The lowest BCUT2D eigenvalue weighted by atomic mass is 10.1. The summed E-state index contributed by atoms with van der Waals surface area (Å²) in [6.07, 6.45) is 0. The van der Waals surface area contributed by atoms with Crippen molar-refractivity contribution in [2.75, 3.05) is 38.3 Å². The van der Waals surface area contributed by atoms with E-state index in [4.69, 9.17) is 14.9 Å². The Kier molecular flexibility index (Phi) is 5.90. The second kappa shape index (κ2) is 7.21. The Morgan fingerprint density at radius 3 is 2.71 bits per heavy atom. The molecule has 1 aromatic carbocycles. The topological polar surface area (TPSA) is 52.9 Å². The van der Waals surface area contributed by atoms with Crippen molar-refractivity contribution in [2.45, 2.75) is 6.61 Å². The first-order valence-electron chi connectivity index (χ1n) is 5.48. The molecule has 17 heavy (non-hydrogen) atoms. The lowest BCUT2D eigenvalue weighted by Gasteiger charge is -2.21. The number of likely N-dealkylation sites (N-methyl/N-ethyl adjacent to an activating group) is 1. The number of hydrogen-bond acceptors (Lipinski definition) is 4. The second-order valence-corrected chi connectivity index (χ2v) is 3.69. The first-order chi connectivity index (χ1) is 8.19. The number of aliphatic hydroxyl groups excluding tert-OH is 2. The molecule has 0 bridgehead atoms. The molecular weight excluding hydrogens is 225 g/mol. The predicted molar refractivity (Wildman–Crippen MR) is 63.5 cm³/mol. The summed E-state index contributed by atoms with van der Waals surface area (Å²) in [5.41, 5.74) is 1.33. The van der Waals surface area contributed by atoms with Crippen molar-refractivity contribution in [2.24, 2.45) is 0 Å². The fraction of sp³-hybridized carbons (Fsp3) is 0.500. The van der Waals surface area contributed by atoms with Gasteiger partial charge in [0.25, 0.3) is 0 Å². The van der Waals surface area contributed by atoms with Crippen LogP contribution in [0.1, 0.15) is 5.56 Å². The monoisotopic (exact) mass is 243 g/mol. The molecule has 0 spiro atoms. The van der Waals surface area contributed by atoms with Crippen LogP contribution in [0.25, 0.3) is 0 Å². The second-order valence-electron chi connectivity index (χ2n) is 3.69. The summed E-state index contributed by atoms with van der Waals surface area (Å²) >= 11 is 0. The van der Waals surface area contributed by atoms with Crippen LogP contribution < -0.4 is 4.90 Å². The zero-order valence-electron chi connectivity index (χ0n) is 9.90. The number of benzene rings is 1. The van der Waals surface area contributed by atoms with Gasteiger partial charge < -0.3 is 19.8 Å². The summed E-state index contributed by atoms with van der Waals surface area (Å²) in [4.78, 5) is 1.88. The van der Waals surface area contributed by atoms with Gasteiger partial charge in [-0.05, 0) is 18.2 Å². The molecule has 0 fully saturated rings. The van der Waals surface area contributed by atoms with Crippen molar-refractivity contribution in [3.63, 3.8) is 0 Å². The Morgan fingerprint density at radius 1 is 1.29 bits per heavy atom. The van der Waals surface area contributed by atoms with Crippen LogP contribution in [0.15, 0.2) is 18.2 Å². The van der Waals surface area contributed by atoms with Crippen molar-refractivity contribution in [1.29, 1.82) is 0 Å². The largest absolute Gasteiger partial charge is 0.394 e. The molecule has 5 heteroatoms. The fourth-order valence-corrected chi connectivity index (χ4v) is 1.54. The molecule has 0 aliphatic heterocycles. The van der Waals surface area contributed by atoms with E-state index in [-0.39, 0.29) is 19.0 Å². The Labute approximate surface area is 100 Å². The third-order valence-electron chi connectivity index (χ3n) is 2.43. The van der Waals surface area contributed by atoms with Crippen molar-refractivity contribution in [3.8, 4) is 0 Å². The van der Waals surface area contributed by atoms with E-state index in [9.17, 15) is 4.39 Å². The fourth-order valence-electron chi connectivity index (χ4n) is 1.54. The van der Waals surface area contributed by atoms with E-state index in [1.165, 1.54) is 12.1 Å². The van der Waals surface area contributed by atoms with E-state index in [2.05, 4.69) is 0 Å². The van der Waals surface area contributed by atoms with Gasteiger partial charge in [-0.25, -0.2) is 4.39 Å². The Morgan fingerprint density at radius 2 is 2.06 bits per heavy atom. The van der Waals surface area contributed by atoms with Crippen molar-refractivity contribution >= 4 is 5.69 Å². The third kappa shape index (κ3) is 4.30. The Balaban J connectivity index is 2.58. The van der Waals surface area contributed by atoms with Gasteiger partial charge in [0.2, 0.25) is 0 Å². The zero-order valence-corrected chi connectivity index (χ0v) is 9.90. The number of rotatable bonds is 7. The zero-order chi connectivity index (χ0) is 12.7. The Bertz CT molecular complexity index is 347. The summed E-state index contributed by atoms with van der Waals surface area (Å²) in [6, 6.07) is 4.31. The normalized spacial score (nSPS) is 10.6. The van der Waals surface area contributed by atoms with Gasteiger partial charge >= 0.3 is 0 Å². The average molecular weight is 243 g/mol.